The molecular formula is C16H29N3. The first-order valence-corrected chi connectivity index (χ1v) is 6.95. The predicted octanol–water partition coefficient (Wildman–Crippen LogP) is 3.32. The summed E-state index contributed by atoms with van der Waals surface area (Å²) in [5.74, 6) is 1.02. The summed E-state index contributed by atoms with van der Waals surface area (Å²) in [5, 5.41) is 0. The molecule has 0 aromatic carbocycles. The molecule has 0 aliphatic rings. The lowest BCUT2D eigenvalue weighted by Crippen LogP contribution is -2.30. The molecular weight excluding hydrogens is 234 g/mol. The minimum atomic E-state index is 0.0441. The molecule has 0 saturated carbocycles. The van der Waals surface area contributed by atoms with Gasteiger partial charge in [-0.1, -0.05) is 41.5 Å². The van der Waals surface area contributed by atoms with Crippen LogP contribution in [0.5, 0.6) is 0 Å². The maximum atomic E-state index is 5.81. The van der Waals surface area contributed by atoms with E-state index in [9.17, 15) is 0 Å². The highest BCUT2D eigenvalue weighted by atomic mass is 15.2. The van der Waals surface area contributed by atoms with Crippen LogP contribution in [0, 0.1) is 5.41 Å². The summed E-state index contributed by atoms with van der Waals surface area (Å²) >= 11 is 0. The van der Waals surface area contributed by atoms with Gasteiger partial charge in [0.2, 0.25) is 0 Å². The van der Waals surface area contributed by atoms with E-state index in [-0.39, 0.29) is 10.8 Å². The Hall–Kier alpha value is -1.09. The van der Waals surface area contributed by atoms with Crippen LogP contribution in [0.4, 0.5) is 5.82 Å². The van der Waals surface area contributed by atoms with Gasteiger partial charge in [-0.25, -0.2) is 4.98 Å². The molecule has 0 bridgehead atoms. The van der Waals surface area contributed by atoms with Gasteiger partial charge in [-0.05, 0) is 23.1 Å². The Morgan fingerprint density at radius 1 is 1.11 bits per heavy atom. The van der Waals surface area contributed by atoms with E-state index in [1.165, 1.54) is 0 Å². The zero-order chi connectivity index (χ0) is 14.8. The fourth-order valence-corrected chi connectivity index (χ4v) is 2.06. The highest BCUT2D eigenvalue weighted by Gasteiger charge is 2.20. The number of nitrogens with two attached hydrogens (primary N) is 1. The lowest BCUT2D eigenvalue weighted by molar-refractivity contribution is 0.417. The van der Waals surface area contributed by atoms with Crippen molar-refractivity contribution in [2.75, 3.05) is 18.5 Å². The third-order valence-electron chi connectivity index (χ3n) is 2.98. The van der Waals surface area contributed by atoms with E-state index in [2.05, 4.69) is 65.6 Å². The molecule has 0 atom stereocenters. The van der Waals surface area contributed by atoms with Gasteiger partial charge in [0.1, 0.15) is 5.82 Å². The number of aromatic nitrogens is 1. The monoisotopic (exact) mass is 263 g/mol. The summed E-state index contributed by atoms with van der Waals surface area (Å²) in [6.07, 6.45) is 0. The minimum absolute atomic E-state index is 0.0441. The molecule has 2 N–H and O–H groups in total. The molecule has 3 heteroatoms. The van der Waals surface area contributed by atoms with Crippen LogP contribution in [0.25, 0.3) is 0 Å². The highest BCUT2D eigenvalue weighted by molar-refractivity contribution is 5.43. The summed E-state index contributed by atoms with van der Waals surface area (Å²) in [6, 6.07) is 4.22. The third-order valence-corrected chi connectivity index (χ3v) is 2.98. The van der Waals surface area contributed by atoms with Crippen LogP contribution in [0.3, 0.4) is 0 Å². The molecule has 0 unspecified atom stereocenters. The topological polar surface area (TPSA) is 42.1 Å². The number of nitrogens with zero attached hydrogens (tertiary/aromatic N) is 2. The van der Waals surface area contributed by atoms with Gasteiger partial charge in [0.25, 0.3) is 0 Å². The van der Waals surface area contributed by atoms with Gasteiger partial charge in [-0.15, -0.1) is 0 Å². The normalized spacial score (nSPS) is 12.6. The SMILES string of the molecule is CN(CC(C)(C)C)c1cc(CN)cc(C(C)(C)C)n1. The molecule has 0 fully saturated rings. The molecule has 108 valence electrons. The van der Waals surface area contributed by atoms with Crippen molar-refractivity contribution >= 4 is 5.82 Å². The predicted molar refractivity (Wildman–Crippen MR) is 83.6 cm³/mol. The zero-order valence-electron chi connectivity index (χ0n) is 13.5. The van der Waals surface area contributed by atoms with Gasteiger partial charge >= 0.3 is 0 Å². The van der Waals surface area contributed by atoms with E-state index in [4.69, 9.17) is 10.7 Å². The lowest BCUT2D eigenvalue weighted by Gasteiger charge is -2.29. The maximum Gasteiger partial charge on any atom is 0.128 e. The van der Waals surface area contributed by atoms with Crippen molar-refractivity contribution in [1.82, 2.24) is 4.98 Å². The summed E-state index contributed by atoms with van der Waals surface area (Å²) in [5.41, 5.74) is 8.35. The van der Waals surface area contributed by atoms with Crippen LogP contribution in [-0.2, 0) is 12.0 Å². The Morgan fingerprint density at radius 2 is 1.68 bits per heavy atom. The van der Waals surface area contributed by atoms with E-state index in [0.29, 0.717) is 6.54 Å². The molecule has 1 heterocycles. The van der Waals surface area contributed by atoms with Crippen molar-refractivity contribution in [2.45, 2.75) is 53.5 Å². The second kappa shape index (κ2) is 5.49. The first-order chi connectivity index (χ1) is 8.53. The van der Waals surface area contributed by atoms with Crippen LogP contribution in [0.2, 0.25) is 0 Å². The molecule has 1 aromatic heterocycles. The Bertz CT molecular complexity index is 425. The fourth-order valence-electron chi connectivity index (χ4n) is 2.06. The third kappa shape index (κ3) is 4.83. The molecule has 3 nitrogen and oxygen atoms in total. The average molecular weight is 263 g/mol. The van der Waals surface area contributed by atoms with Gasteiger partial charge in [0.05, 0.1) is 0 Å². The van der Waals surface area contributed by atoms with Crippen LogP contribution < -0.4 is 10.6 Å². The van der Waals surface area contributed by atoms with E-state index in [1.54, 1.807) is 0 Å². The Labute approximate surface area is 118 Å². The van der Waals surface area contributed by atoms with Crippen molar-refractivity contribution in [3.8, 4) is 0 Å². The number of hydrogen-bond donors (Lipinski definition) is 1. The number of anilines is 1. The fraction of sp³-hybridized carbons (Fsp3) is 0.688. The van der Waals surface area contributed by atoms with Gasteiger partial charge in [0.15, 0.2) is 0 Å². The lowest BCUT2D eigenvalue weighted by atomic mass is 9.90. The molecule has 0 saturated heterocycles. The Morgan fingerprint density at radius 3 is 2.11 bits per heavy atom. The standard InChI is InChI=1S/C16H29N3/c1-15(2,3)11-19(7)14-9-12(10-17)8-13(18-14)16(4,5)6/h8-9H,10-11,17H2,1-7H3. The van der Waals surface area contributed by atoms with E-state index in [1.807, 2.05) is 0 Å². The van der Waals surface area contributed by atoms with E-state index < -0.39 is 0 Å². The van der Waals surface area contributed by atoms with E-state index >= 15 is 0 Å². The van der Waals surface area contributed by atoms with Gasteiger partial charge < -0.3 is 10.6 Å². The first kappa shape index (κ1) is 16.0. The van der Waals surface area contributed by atoms with Crippen molar-refractivity contribution < 1.29 is 0 Å². The summed E-state index contributed by atoms with van der Waals surface area (Å²) in [4.78, 5) is 7.02. The molecule has 1 aromatic rings. The van der Waals surface area contributed by atoms with Crippen LogP contribution >= 0.6 is 0 Å². The summed E-state index contributed by atoms with van der Waals surface area (Å²) in [6.45, 7) is 14.8. The Kier molecular flexibility index (Phi) is 4.62. The van der Waals surface area contributed by atoms with Crippen molar-refractivity contribution in [1.29, 1.82) is 0 Å². The molecule has 0 amide bonds. The second-order valence-corrected chi connectivity index (χ2v) is 7.59. The van der Waals surface area contributed by atoms with Gasteiger partial charge in [-0.2, -0.15) is 0 Å². The quantitative estimate of drug-likeness (QED) is 0.909. The van der Waals surface area contributed by atoms with Crippen LogP contribution in [0.15, 0.2) is 12.1 Å². The number of rotatable bonds is 3. The molecule has 0 aliphatic heterocycles. The molecule has 0 radical (unpaired) electrons. The zero-order valence-corrected chi connectivity index (χ0v) is 13.5. The molecule has 19 heavy (non-hydrogen) atoms. The van der Waals surface area contributed by atoms with Gasteiger partial charge in [-0.3, -0.25) is 0 Å². The largest absolute Gasteiger partial charge is 0.359 e. The molecule has 0 aliphatic carbocycles. The van der Waals surface area contributed by atoms with E-state index in [0.717, 1.165) is 23.6 Å². The van der Waals surface area contributed by atoms with Crippen molar-refractivity contribution in [3.05, 3.63) is 23.4 Å². The molecule has 1 rings (SSSR count). The van der Waals surface area contributed by atoms with Crippen molar-refractivity contribution in [2.24, 2.45) is 11.1 Å². The average Bonchev–Trinajstić information content (AvgIpc) is 2.25. The molecule has 0 spiro atoms. The van der Waals surface area contributed by atoms with Crippen LogP contribution in [0.1, 0.15) is 52.8 Å². The second-order valence-electron chi connectivity index (χ2n) is 7.59. The van der Waals surface area contributed by atoms with Gasteiger partial charge in [0, 0.05) is 31.2 Å². The van der Waals surface area contributed by atoms with Crippen molar-refractivity contribution in [3.63, 3.8) is 0 Å². The summed E-state index contributed by atoms with van der Waals surface area (Å²) in [7, 11) is 2.10. The highest BCUT2D eigenvalue weighted by Crippen LogP contribution is 2.26. The van der Waals surface area contributed by atoms with Crippen LogP contribution in [-0.4, -0.2) is 18.6 Å². The maximum absolute atomic E-state index is 5.81. The number of pyridine rings is 1. The summed E-state index contributed by atoms with van der Waals surface area (Å²) < 4.78 is 0. The smallest absolute Gasteiger partial charge is 0.128 e. The first-order valence-electron chi connectivity index (χ1n) is 6.95. The minimum Gasteiger partial charge on any atom is -0.359 e. The Balaban J connectivity index is 3.13. The number of hydrogen-bond acceptors (Lipinski definition) is 3.